The van der Waals surface area contributed by atoms with Gasteiger partial charge in [0.25, 0.3) is 5.91 Å². The summed E-state index contributed by atoms with van der Waals surface area (Å²) in [5.41, 5.74) is 2.34. The summed E-state index contributed by atoms with van der Waals surface area (Å²) in [5.74, 6) is -0.255. The van der Waals surface area contributed by atoms with E-state index in [9.17, 15) is 14.4 Å². The predicted molar refractivity (Wildman–Crippen MR) is 108 cm³/mol. The number of benzene rings is 2. The molecule has 1 aliphatic heterocycles. The van der Waals surface area contributed by atoms with Crippen LogP contribution in [0, 0.1) is 5.92 Å². The standard InChI is InChI=1S/C22H23ClN2O3/c1-14(2)21(16-7-9-18(23)10-8-16)24-22(28)17-5-3-15(4-6-17)13-25-19(26)11-12-20(25)27/h3-10,14,21H,11-13H2,1-2H3,(H,24,28). The largest absolute Gasteiger partial charge is 0.345 e. The number of nitrogens with one attached hydrogen (secondary N) is 1. The van der Waals surface area contributed by atoms with Gasteiger partial charge in [0.1, 0.15) is 0 Å². The van der Waals surface area contributed by atoms with Crippen LogP contribution in [0.1, 0.15) is 54.2 Å². The fraction of sp³-hybridized carbons (Fsp3) is 0.318. The van der Waals surface area contributed by atoms with Crippen LogP contribution in [-0.2, 0) is 16.1 Å². The topological polar surface area (TPSA) is 66.5 Å². The van der Waals surface area contributed by atoms with E-state index in [-0.39, 0.29) is 49.1 Å². The van der Waals surface area contributed by atoms with Crippen molar-refractivity contribution in [3.8, 4) is 0 Å². The molecule has 0 radical (unpaired) electrons. The summed E-state index contributed by atoms with van der Waals surface area (Å²) >= 11 is 5.96. The van der Waals surface area contributed by atoms with Crippen LogP contribution in [0.15, 0.2) is 48.5 Å². The second kappa shape index (κ2) is 8.57. The molecule has 1 heterocycles. The zero-order valence-electron chi connectivity index (χ0n) is 15.9. The van der Waals surface area contributed by atoms with Gasteiger partial charge in [0.2, 0.25) is 11.8 Å². The fourth-order valence-electron chi connectivity index (χ4n) is 3.27. The van der Waals surface area contributed by atoms with E-state index in [0.717, 1.165) is 11.1 Å². The molecular weight excluding hydrogens is 376 g/mol. The van der Waals surface area contributed by atoms with Crippen molar-refractivity contribution in [1.82, 2.24) is 10.2 Å². The minimum atomic E-state index is -0.173. The van der Waals surface area contributed by atoms with Crippen LogP contribution in [0.4, 0.5) is 0 Å². The minimum Gasteiger partial charge on any atom is -0.345 e. The molecular formula is C22H23ClN2O3. The Kier molecular flexibility index (Phi) is 6.15. The highest BCUT2D eigenvalue weighted by molar-refractivity contribution is 6.30. The van der Waals surface area contributed by atoms with E-state index in [0.29, 0.717) is 10.6 Å². The van der Waals surface area contributed by atoms with Gasteiger partial charge < -0.3 is 5.32 Å². The van der Waals surface area contributed by atoms with Gasteiger partial charge in [-0.1, -0.05) is 49.7 Å². The van der Waals surface area contributed by atoms with Crippen molar-refractivity contribution in [3.05, 3.63) is 70.2 Å². The van der Waals surface area contributed by atoms with E-state index in [1.165, 1.54) is 4.90 Å². The first-order valence-electron chi connectivity index (χ1n) is 9.33. The number of carbonyl (C=O) groups excluding carboxylic acids is 3. The Morgan fingerprint density at radius 1 is 1.00 bits per heavy atom. The van der Waals surface area contributed by atoms with Gasteiger partial charge >= 0.3 is 0 Å². The molecule has 146 valence electrons. The lowest BCUT2D eigenvalue weighted by Gasteiger charge is -2.23. The molecule has 28 heavy (non-hydrogen) atoms. The normalized spacial score (nSPS) is 15.2. The first-order chi connectivity index (χ1) is 13.3. The third-order valence-corrected chi connectivity index (χ3v) is 5.15. The zero-order valence-corrected chi connectivity index (χ0v) is 16.7. The zero-order chi connectivity index (χ0) is 20.3. The molecule has 0 saturated carbocycles. The van der Waals surface area contributed by atoms with Gasteiger partial charge in [0.05, 0.1) is 12.6 Å². The van der Waals surface area contributed by atoms with Crippen molar-refractivity contribution in [2.24, 2.45) is 5.92 Å². The summed E-state index contributed by atoms with van der Waals surface area (Å²) in [5, 5.41) is 3.73. The van der Waals surface area contributed by atoms with Crippen molar-refractivity contribution < 1.29 is 14.4 Å². The minimum absolute atomic E-state index is 0.135. The highest BCUT2D eigenvalue weighted by Crippen LogP contribution is 2.24. The van der Waals surface area contributed by atoms with Crippen LogP contribution >= 0.6 is 11.6 Å². The average molecular weight is 399 g/mol. The Balaban J connectivity index is 1.68. The van der Waals surface area contributed by atoms with Crippen molar-refractivity contribution >= 4 is 29.3 Å². The quantitative estimate of drug-likeness (QED) is 0.744. The van der Waals surface area contributed by atoms with Crippen LogP contribution < -0.4 is 5.32 Å². The molecule has 0 spiro atoms. The molecule has 1 aliphatic rings. The Morgan fingerprint density at radius 2 is 1.57 bits per heavy atom. The molecule has 3 amide bonds. The number of nitrogens with zero attached hydrogens (tertiary/aromatic N) is 1. The lowest BCUT2D eigenvalue weighted by atomic mass is 9.95. The van der Waals surface area contributed by atoms with Crippen LogP contribution in [0.5, 0.6) is 0 Å². The maximum absolute atomic E-state index is 12.7. The van der Waals surface area contributed by atoms with Crippen LogP contribution in [0.3, 0.4) is 0 Å². The average Bonchev–Trinajstić information content (AvgIpc) is 2.99. The van der Waals surface area contributed by atoms with Gasteiger partial charge in [0.15, 0.2) is 0 Å². The summed E-state index contributed by atoms with van der Waals surface area (Å²) in [4.78, 5) is 37.4. The molecule has 1 N–H and O–H groups in total. The number of halogens is 1. The highest BCUT2D eigenvalue weighted by atomic mass is 35.5. The first kappa shape index (κ1) is 20.1. The summed E-state index contributed by atoms with van der Waals surface area (Å²) in [6.07, 6.45) is 0.557. The molecule has 1 unspecified atom stereocenters. The molecule has 2 aromatic carbocycles. The molecule has 2 aromatic rings. The van der Waals surface area contributed by atoms with Gasteiger partial charge in [-0.25, -0.2) is 0 Å². The Hall–Kier alpha value is -2.66. The van der Waals surface area contributed by atoms with E-state index in [1.54, 1.807) is 24.3 Å². The van der Waals surface area contributed by atoms with Gasteiger partial charge in [-0.05, 0) is 41.3 Å². The Labute approximate surface area is 169 Å². The van der Waals surface area contributed by atoms with Crippen molar-refractivity contribution in [2.45, 2.75) is 39.3 Å². The Bertz CT molecular complexity index is 860. The maximum Gasteiger partial charge on any atom is 0.251 e. The smallest absolute Gasteiger partial charge is 0.251 e. The number of likely N-dealkylation sites (tertiary alicyclic amines) is 1. The van der Waals surface area contributed by atoms with Crippen molar-refractivity contribution in [1.29, 1.82) is 0 Å². The SMILES string of the molecule is CC(C)C(NC(=O)c1ccc(CN2C(=O)CCC2=O)cc1)c1ccc(Cl)cc1. The van der Waals surface area contributed by atoms with E-state index in [1.807, 2.05) is 38.1 Å². The van der Waals surface area contributed by atoms with Crippen molar-refractivity contribution in [3.63, 3.8) is 0 Å². The fourth-order valence-corrected chi connectivity index (χ4v) is 3.40. The molecule has 0 aliphatic carbocycles. The summed E-state index contributed by atoms with van der Waals surface area (Å²) < 4.78 is 0. The second-order valence-corrected chi connectivity index (χ2v) is 7.75. The van der Waals surface area contributed by atoms with Gasteiger partial charge in [0, 0.05) is 23.4 Å². The lowest BCUT2D eigenvalue weighted by molar-refractivity contribution is -0.139. The van der Waals surface area contributed by atoms with Gasteiger partial charge in [-0.15, -0.1) is 0 Å². The molecule has 1 atom stereocenters. The number of rotatable bonds is 6. The third-order valence-electron chi connectivity index (χ3n) is 4.89. The summed E-state index contributed by atoms with van der Waals surface area (Å²) in [6.45, 7) is 4.35. The molecule has 1 fully saturated rings. The summed E-state index contributed by atoms with van der Waals surface area (Å²) in [7, 11) is 0. The first-order valence-corrected chi connectivity index (χ1v) is 9.71. The molecule has 6 heteroatoms. The number of carbonyl (C=O) groups is 3. The third kappa shape index (κ3) is 4.60. The maximum atomic E-state index is 12.7. The number of amides is 3. The van der Waals surface area contributed by atoms with Crippen LogP contribution in [0.2, 0.25) is 5.02 Å². The number of hydrogen-bond acceptors (Lipinski definition) is 3. The molecule has 0 bridgehead atoms. The number of hydrogen-bond donors (Lipinski definition) is 1. The molecule has 5 nitrogen and oxygen atoms in total. The van der Waals surface area contributed by atoms with Crippen LogP contribution in [-0.4, -0.2) is 22.6 Å². The van der Waals surface area contributed by atoms with E-state index in [4.69, 9.17) is 11.6 Å². The van der Waals surface area contributed by atoms with E-state index in [2.05, 4.69) is 5.32 Å². The Morgan fingerprint density at radius 3 is 2.11 bits per heavy atom. The number of imide groups is 1. The molecule has 1 saturated heterocycles. The molecule has 3 rings (SSSR count). The highest BCUT2D eigenvalue weighted by Gasteiger charge is 2.28. The van der Waals surface area contributed by atoms with E-state index < -0.39 is 0 Å². The predicted octanol–water partition coefficient (Wildman–Crippen LogP) is 4.12. The van der Waals surface area contributed by atoms with Crippen molar-refractivity contribution in [2.75, 3.05) is 0 Å². The van der Waals surface area contributed by atoms with Gasteiger partial charge in [-0.3, -0.25) is 19.3 Å². The molecule has 0 aromatic heterocycles. The van der Waals surface area contributed by atoms with E-state index >= 15 is 0 Å². The monoisotopic (exact) mass is 398 g/mol. The van der Waals surface area contributed by atoms with Crippen LogP contribution in [0.25, 0.3) is 0 Å². The lowest BCUT2D eigenvalue weighted by Crippen LogP contribution is -2.31. The van der Waals surface area contributed by atoms with Gasteiger partial charge in [-0.2, -0.15) is 0 Å². The summed E-state index contributed by atoms with van der Waals surface area (Å²) in [6, 6.07) is 14.3. The second-order valence-electron chi connectivity index (χ2n) is 7.32.